The minimum atomic E-state index is -0.00531. The largest absolute Gasteiger partial charge is 0.355 e. The minimum absolute atomic E-state index is 0.00531. The summed E-state index contributed by atoms with van der Waals surface area (Å²) >= 11 is 0. The van der Waals surface area contributed by atoms with E-state index in [0.717, 1.165) is 45.8 Å². The molecule has 1 saturated heterocycles. The molecule has 5 heteroatoms. The predicted molar refractivity (Wildman–Crippen MR) is 74.7 cm³/mol. The lowest BCUT2D eigenvalue weighted by molar-refractivity contribution is -0.127. The van der Waals surface area contributed by atoms with Crippen LogP contribution in [0.4, 0.5) is 0 Å². The number of carbonyl (C=O) groups excluding carboxylic acids is 1. The molecule has 1 heterocycles. The number of nitrogens with one attached hydrogen (secondary N) is 2. The highest BCUT2D eigenvalue weighted by molar-refractivity contribution is 5.82. The van der Waals surface area contributed by atoms with Gasteiger partial charge in [-0.1, -0.05) is 13.8 Å². The Kier molecular flexibility index (Phi) is 7.23. The standard InChI is InChI=1S/C13H28N4O/c1-4-15-13(18)12-11-14-7-8-17(12)10-9-16(5-2)6-3/h12,14H,4-11H2,1-3H3,(H,15,18). The highest BCUT2D eigenvalue weighted by Gasteiger charge is 2.27. The van der Waals surface area contributed by atoms with Gasteiger partial charge in [-0.05, 0) is 20.0 Å². The molecule has 0 aromatic rings. The van der Waals surface area contributed by atoms with Crippen LogP contribution in [0.5, 0.6) is 0 Å². The van der Waals surface area contributed by atoms with Crippen LogP contribution < -0.4 is 10.6 Å². The minimum Gasteiger partial charge on any atom is -0.355 e. The summed E-state index contributed by atoms with van der Waals surface area (Å²) in [6.07, 6.45) is 0. The fraction of sp³-hybridized carbons (Fsp3) is 0.923. The maximum atomic E-state index is 12.0. The second-order valence-electron chi connectivity index (χ2n) is 4.68. The van der Waals surface area contributed by atoms with Crippen LogP contribution in [0.2, 0.25) is 0 Å². The van der Waals surface area contributed by atoms with Crippen molar-refractivity contribution >= 4 is 5.91 Å². The van der Waals surface area contributed by atoms with Gasteiger partial charge in [0, 0.05) is 39.3 Å². The summed E-state index contributed by atoms with van der Waals surface area (Å²) in [6, 6.07) is -0.00531. The summed E-state index contributed by atoms with van der Waals surface area (Å²) in [4.78, 5) is 16.7. The molecule has 0 radical (unpaired) electrons. The Morgan fingerprint density at radius 1 is 1.39 bits per heavy atom. The van der Waals surface area contributed by atoms with Gasteiger partial charge in [-0.15, -0.1) is 0 Å². The third kappa shape index (κ3) is 4.55. The van der Waals surface area contributed by atoms with Crippen LogP contribution in [0.1, 0.15) is 20.8 Å². The number of carbonyl (C=O) groups is 1. The Balaban J connectivity index is 2.46. The molecule has 0 bridgehead atoms. The van der Waals surface area contributed by atoms with Crippen molar-refractivity contribution in [2.75, 3.05) is 52.4 Å². The first-order valence-electron chi connectivity index (χ1n) is 7.17. The third-order valence-corrected chi connectivity index (χ3v) is 3.61. The van der Waals surface area contributed by atoms with E-state index in [9.17, 15) is 4.79 Å². The van der Waals surface area contributed by atoms with Gasteiger partial charge in [0.1, 0.15) is 6.04 Å². The summed E-state index contributed by atoms with van der Waals surface area (Å²) in [7, 11) is 0. The van der Waals surface area contributed by atoms with Crippen molar-refractivity contribution in [3.63, 3.8) is 0 Å². The number of likely N-dealkylation sites (N-methyl/N-ethyl adjacent to an activating group) is 2. The zero-order chi connectivity index (χ0) is 13.4. The van der Waals surface area contributed by atoms with E-state index in [2.05, 4.69) is 34.3 Å². The Labute approximate surface area is 111 Å². The van der Waals surface area contributed by atoms with Crippen LogP contribution in [-0.2, 0) is 4.79 Å². The van der Waals surface area contributed by atoms with Crippen LogP contribution >= 0.6 is 0 Å². The molecule has 0 saturated carbocycles. The van der Waals surface area contributed by atoms with Gasteiger partial charge >= 0.3 is 0 Å². The van der Waals surface area contributed by atoms with Crippen molar-refractivity contribution in [3.05, 3.63) is 0 Å². The highest BCUT2D eigenvalue weighted by atomic mass is 16.2. The maximum absolute atomic E-state index is 12.0. The molecular weight excluding hydrogens is 228 g/mol. The van der Waals surface area contributed by atoms with Crippen molar-refractivity contribution in [2.24, 2.45) is 0 Å². The second kappa shape index (κ2) is 8.45. The van der Waals surface area contributed by atoms with Crippen LogP contribution in [-0.4, -0.2) is 74.1 Å². The average Bonchev–Trinajstić information content (AvgIpc) is 2.40. The van der Waals surface area contributed by atoms with Gasteiger partial charge in [-0.2, -0.15) is 0 Å². The van der Waals surface area contributed by atoms with Gasteiger partial charge in [0.15, 0.2) is 0 Å². The highest BCUT2D eigenvalue weighted by Crippen LogP contribution is 2.04. The third-order valence-electron chi connectivity index (χ3n) is 3.61. The van der Waals surface area contributed by atoms with Gasteiger partial charge in [-0.3, -0.25) is 9.69 Å². The quantitative estimate of drug-likeness (QED) is 0.659. The van der Waals surface area contributed by atoms with Crippen molar-refractivity contribution in [1.29, 1.82) is 0 Å². The van der Waals surface area contributed by atoms with E-state index < -0.39 is 0 Å². The number of rotatable bonds is 7. The first-order chi connectivity index (χ1) is 8.72. The van der Waals surface area contributed by atoms with Gasteiger partial charge < -0.3 is 15.5 Å². The molecule has 1 fully saturated rings. The summed E-state index contributed by atoms with van der Waals surface area (Å²) in [5, 5.41) is 6.23. The van der Waals surface area contributed by atoms with E-state index >= 15 is 0 Å². The maximum Gasteiger partial charge on any atom is 0.238 e. The Morgan fingerprint density at radius 3 is 2.72 bits per heavy atom. The van der Waals surface area contributed by atoms with Gasteiger partial charge in [-0.25, -0.2) is 0 Å². The summed E-state index contributed by atoms with van der Waals surface area (Å²) < 4.78 is 0. The fourth-order valence-electron chi connectivity index (χ4n) is 2.37. The Hall–Kier alpha value is -0.650. The van der Waals surface area contributed by atoms with E-state index in [-0.39, 0.29) is 11.9 Å². The summed E-state index contributed by atoms with van der Waals surface area (Å²) in [6.45, 7) is 13.9. The molecule has 1 aliphatic heterocycles. The van der Waals surface area contributed by atoms with E-state index in [1.165, 1.54) is 0 Å². The number of hydrogen-bond donors (Lipinski definition) is 2. The lowest BCUT2D eigenvalue weighted by atomic mass is 10.1. The van der Waals surface area contributed by atoms with Gasteiger partial charge in [0.2, 0.25) is 5.91 Å². The predicted octanol–water partition coefficient (Wildman–Crippen LogP) is -0.262. The molecular formula is C13H28N4O. The molecule has 1 unspecified atom stereocenters. The summed E-state index contributed by atoms with van der Waals surface area (Å²) in [5.41, 5.74) is 0. The number of hydrogen-bond acceptors (Lipinski definition) is 4. The van der Waals surface area contributed by atoms with Crippen LogP contribution in [0, 0.1) is 0 Å². The van der Waals surface area contributed by atoms with Crippen LogP contribution in [0.3, 0.4) is 0 Å². The van der Waals surface area contributed by atoms with E-state index in [0.29, 0.717) is 6.54 Å². The molecule has 0 aliphatic carbocycles. The van der Waals surface area contributed by atoms with Gasteiger partial charge in [0.25, 0.3) is 0 Å². The Morgan fingerprint density at radius 2 is 2.11 bits per heavy atom. The second-order valence-corrected chi connectivity index (χ2v) is 4.68. The number of piperazine rings is 1. The normalized spacial score (nSPS) is 21.2. The van der Waals surface area contributed by atoms with E-state index in [4.69, 9.17) is 0 Å². The van der Waals surface area contributed by atoms with E-state index in [1.807, 2.05) is 6.92 Å². The van der Waals surface area contributed by atoms with Gasteiger partial charge in [0.05, 0.1) is 0 Å². The SMILES string of the molecule is CCNC(=O)C1CNCCN1CCN(CC)CC. The van der Waals surface area contributed by atoms with Crippen molar-refractivity contribution in [1.82, 2.24) is 20.4 Å². The number of amides is 1. The fourth-order valence-corrected chi connectivity index (χ4v) is 2.37. The molecule has 18 heavy (non-hydrogen) atoms. The lowest BCUT2D eigenvalue weighted by Gasteiger charge is -2.36. The zero-order valence-electron chi connectivity index (χ0n) is 12.0. The molecule has 1 rings (SSSR count). The molecule has 1 atom stereocenters. The van der Waals surface area contributed by atoms with Crippen LogP contribution in [0.15, 0.2) is 0 Å². The molecule has 0 aromatic heterocycles. The molecule has 1 aliphatic rings. The molecule has 0 aromatic carbocycles. The molecule has 5 nitrogen and oxygen atoms in total. The average molecular weight is 256 g/mol. The monoisotopic (exact) mass is 256 g/mol. The number of nitrogens with zero attached hydrogens (tertiary/aromatic N) is 2. The first kappa shape index (κ1) is 15.4. The topological polar surface area (TPSA) is 47.6 Å². The van der Waals surface area contributed by atoms with E-state index in [1.54, 1.807) is 0 Å². The molecule has 0 spiro atoms. The molecule has 106 valence electrons. The molecule has 1 amide bonds. The van der Waals surface area contributed by atoms with Crippen LogP contribution in [0.25, 0.3) is 0 Å². The lowest BCUT2D eigenvalue weighted by Crippen LogP contribution is -2.59. The smallest absolute Gasteiger partial charge is 0.238 e. The first-order valence-corrected chi connectivity index (χ1v) is 7.17. The summed E-state index contributed by atoms with van der Waals surface area (Å²) in [5.74, 6) is 0.157. The molecule has 2 N–H and O–H groups in total. The van der Waals surface area contributed by atoms with Crippen molar-refractivity contribution < 1.29 is 4.79 Å². The zero-order valence-corrected chi connectivity index (χ0v) is 12.0. The Bertz CT molecular complexity index is 243. The van der Waals surface area contributed by atoms with Crippen molar-refractivity contribution in [3.8, 4) is 0 Å². The van der Waals surface area contributed by atoms with Crippen molar-refractivity contribution in [2.45, 2.75) is 26.8 Å².